The molecule has 0 aliphatic carbocycles. The lowest BCUT2D eigenvalue weighted by Gasteiger charge is -2.36. The number of pyridine rings is 1. The molecule has 3 aromatic rings. The van der Waals surface area contributed by atoms with E-state index in [0.29, 0.717) is 24.8 Å². The lowest BCUT2D eigenvalue weighted by Crippen LogP contribution is -2.49. The number of nitrogens with one attached hydrogen (secondary N) is 3. The van der Waals surface area contributed by atoms with Crippen LogP contribution in [-0.2, 0) is 11.0 Å². The predicted molar refractivity (Wildman–Crippen MR) is 138 cm³/mol. The number of carbonyl (C=O) groups is 1. The topological polar surface area (TPSA) is 93.4 Å². The smallest absolute Gasteiger partial charge is 0.270 e. The molecule has 0 spiro atoms. The molecule has 1 amide bonds. The largest absolute Gasteiger partial charge is 0.380 e. The second-order valence-electron chi connectivity index (χ2n) is 7.99. The van der Waals surface area contributed by atoms with Gasteiger partial charge in [-0.1, -0.05) is 13.8 Å². The Bertz CT molecular complexity index is 1110. The first kappa shape index (κ1) is 24.6. The number of H-pyrrole nitrogens is 1. The third kappa shape index (κ3) is 6.04. The Labute approximate surface area is 198 Å². The molecular weight excluding hydrogens is 436 g/mol. The van der Waals surface area contributed by atoms with Crippen molar-refractivity contribution in [3.05, 3.63) is 48.3 Å². The summed E-state index contributed by atoms with van der Waals surface area (Å²) in [6.45, 7) is 10.9. The van der Waals surface area contributed by atoms with Crippen molar-refractivity contribution in [1.29, 1.82) is 0 Å². The van der Waals surface area contributed by atoms with Crippen molar-refractivity contribution in [2.45, 2.75) is 33.7 Å². The van der Waals surface area contributed by atoms with Crippen LogP contribution in [0.25, 0.3) is 10.9 Å². The van der Waals surface area contributed by atoms with Crippen LogP contribution in [0.3, 0.4) is 0 Å². The lowest BCUT2D eigenvalue weighted by atomic mass is 10.2. The lowest BCUT2D eigenvalue weighted by molar-refractivity contribution is 0.0741. The van der Waals surface area contributed by atoms with Crippen molar-refractivity contribution in [2.75, 3.05) is 47.4 Å². The highest BCUT2D eigenvalue weighted by Gasteiger charge is 2.25. The number of nitrogens with zero attached hydrogens (tertiary/aromatic N) is 3. The van der Waals surface area contributed by atoms with E-state index in [-0.39, 0.29) is 5.91 Å². The number of fused-ring (bicyclic) bond motifs is 1. The summed E-state index contributed by atoms with van der Waals surface area (Å²) in [6.07, 6.45) is 3.39. The van der Waals surface area contributed by atoms with Gasteiger partial charge in [-0.15, -0.1) is 0 Å². The van der Waals surface area contributed by atoms with E-state index in [1.165, 1.54) is 0 Å². The number of hydrogen-bond acceptors (Lipinski definition) is 5. The van der Waals surface area contributed by atoms with Crippen LogP contribution in [-0.4, -0.2) is 63.5 Å². The van der Waals surface area contributed by atoms with Crippen molar-refractivity contribution in [2.24, 2.45) is 0 Å². The number of carbonyl (C=O) groups excluding carboxylic acids is 1. The van der Waals surface area contributed by atoms with Gasteiger partial charge in [0.1, 0.15) is 16.7 Å². The number of amides is 1. The Morgan fingerprint density at radius 3 is 2.52 bits per heavy atom. The maximum absolute atomic E-state index is 13.1. The Hall–Kier alpha value is -3.07. The van der Waals surface area contributed by atoms with Gasteiger partial charge in [0.2, 0.25) is 0 Å². The van der Waals surface area contributed by atoms with Crippen molar-refractivity contribution < 1.29 is 9.00 Å². The average Bonchev–Trinajstić information content (AvgIpc) is 3.23. The molecule has 2 aromatic heterocycles. The molecule has 4 rings (SSSR count). The van der Waals surface area contributed by atoms with Gasteiger partial charge >= 0.3 is 0 Å². The standard InChI is InChI=1S/C22H28N6O2S.C2H6/c1-15(2)24-19-5-4-8-23-21(19)27-9-11-28(12-10-27)22(29)20-14-16-13-17(26-31(3)30)6-7-18(16)25-20;1-2/h4-8,13-15,24-26H,9-12H2,1-3H3;1-2H3. The van der Waals surface area contributed by atoms with Crippen LogP contribution in [0.2, 0.25) is 0 Å². The second-order valence-corrected chi connectivity index (χ2v) is 9.11. The van der Waals surface area contributed by atoms with E-state index in [4.69, 9.17) is 0 Å². The highest BCUT2D eigenvalue weighted by Crippen LogP contribution is 2.25. The van der Waals surface area contributed by atoms with Crippen LogP contribution in [0.4, 0.5) is 17.2 Å². The predicted octanol–water partition coefficient (Wildman–Crippen LogP) is 4.08. The number of rotatable bonds is 6. The maximum atomic E-state index is 13.1. The van der Waals surface area contributed by atoms with Gasteiger partial charge in [0, 0.05) is 61.3 Å². The fraction of sp³-hybridized carbons (Fsp3) is 0.417. The summed E-state index contributed by atoms with van der Waals surface area (Å²) in [6, 6.07) is 11.8. The molecule has 1 fully saturated rings. The summed E-state index contributed by atoms with van der Waals surface area (Å²) >= 11 is 0. The van der Waals surface area contributed by atoms with Gasteiger partial charge in [0.25, 0.3) is 5.91 Å². The zero-order valence-electron chi connectivity index (χ0n) is 20.0. The van der Waals surface area contributed by atoms with E-state index in [1.54, 1.807) is 12.5 Å². The molecule has 1 aromatic carbocycles. The van der Waals surface area contributed by atoms with Gasteiger partial charge < -0.3 is 24.8 Å². The molecule has 1 aliphatic heterocycles. The van der Waals surface area contributed by atoms with E-state index in [1.807, 2.05) is 55.1 Å². The molecule has 33 heavy (non-hydrogen) atoms. The summed E-state index contributed by atoms with van der Waals surface area (Å²) < 4.78 is 14.3. The molecule has 1 unspecified atom stereocenters. The Morgan fingerprint density at radius 2 is 1.85 bits per heavy atom. The summed E-state index contributed by atoms with van der Waals surface area (Å²) in [5.74, 6) is 0.924. The van der Waals surface area contributed by atoms with Crippen LogP contribution in [0, 0.1) is 0 Å². The van der Waals surface area contributed by atoms with Crippen molar-refractivity contribution >= 4 is 45.0 Å². The molecule has 0 saturated carbocycles. The molecule has 8 nitrogen and oxygen atoms in total. The molecule has 178 valence electrons. The minimum Gasteiger partial charge on any atom is -0.380 e. The minimum absolute atomic E-state index is 0.00835. The normalized spacial score (nSPS) is 14.6. The molecule has 3 heterocycles. The van der Waals surface area contributed by atoms with E-state index in [9.17, 15) is 9.00 Å². The Balaban J connectivity index is 0.00000149. The fourth-order valence-corrected chi connectivity index (χ4v) is 4.30. The van der Waals surface area contributed by atoms with Gasteiger partial charge in [0.15, 0.2) is 5.82 Å². The van der Waals surface area contributed by atoms with Crippen molar-refractivity contribution in [1.82, 2.24) is 14.9 Å². The average molecular weight is 471 g/mol. The van der Waals surface area contributed by atoms with Crippen molar-refractivity contribution in [3.63, 3.8) is 0 Å². The number of benzene rings is 1. The van der Waals surface area contributed by atoms with Crippen LogP contribution >= 0.6 is 0 Å². The minimum atomic E-state index is -1.14. The fourth-order valence-electron chi connectivity index (χ4n) is 3.84. The molecule has 0 bridgehead atoms. The number of aromatic nitrogens is 2. The number of aromatic amines is 1. The van der Waals surface area contributed by atoms with Crippen LogP contribution < -0.4 is 14.9 Å². The Kier molecular flexibility index (Phi) is 8.32. The molecular formula is C24H34N6O2S. The number of anilines is 3. The zero-order chi connectivity index (χ0) is 24.0. The maximum Gasteiger partial charge on any atom is 0.270 e. The summed E-state index contributed by atoms with van der Waals surface area (Å²) in [5.41, 5.74) is 3.23. The monoisotopic (exact) mass is 470 g/mol. The molecule has 9 heteroatoms. The highest BCUT2D eigenvalue weighted by atomic mass is 32.2. The molecule has 3 N–H and O–H groups in total. The van der Waals surface area contributed by atoms with Crippen molar-refractivity contribution in [3.8, 4) is 0 Å². The summed E-state index contributed by atoms with van der Waals surface area (Å²) in [5, 5.41) is 4.36. The quantitative estimate of drug-likeness (QED) is 0.505. The zero-order valence-corrected chi connectivity index (χ0v) is 20.8. The molecule has 0 radical (unpaired) electrons. The van der Waals surface area contributed by atoms with Gasteiger partial charge in [0.05, 0.1) is 5.69 Å². The van der Waals surface area contributed by atoms with Crippen LogP contribution in [0.1, 0.15) is 38.2 Å². The first-order valence-corrected chi connectivity index (χ1v) is 12.9. The molecule has 1 aliphatic rings. The first-order chi connectivity index (χ1) is 15.9. The molecule has 1 atom stereocenters. The number of piperazine rings is 1. The Morgan fingerprint density at radius 1 is 1.12 bits per heavy atom. The second kappa shape index (κ2) is 11.2. The first-order valence-electron chi connectivity index (χ1n) is 11.4. The SMILES string of the molecule is CC.CC(C)Nc1cccnc1N1CCN(C(=O)c2cc3cc(NS(C)=O)ccc3[nH]2)CC1. The third-order valence-corrected chi connectivity index (χ3v) is 5.73. The van der Waals surface area contributed by atoms with Crippen LogP contribution in [0.15, 0.2) is 42.6 Å². The van der Waals surface area contributed by atoms with E-state index >= 15 is 0 Å². The van der Waals surface area contributed by atoms with Gasteiger partial charge in [-0.3, -0.25) is 4.79 Å². The van der Waals surface area contributed by atoms with Crippen LogP contribution in [0.5, 0.6) is 0 Å². The van der Waals surface area contributed by atoms with Gasteiger partial charge in [-0.05, 0) is 50.2 Å². The number of hydrogen-bond donors (Lipinski definition) is 3. The third-order valence-electron chi connectivity index (χ3n) is 5.21. The summed E-state index contributed by atoms with van der Waals surface area (Å²) in [4.78, 5) is 25.0. The van der Waals surface area contributed by atoms with E-state index in [0.717, 1.165) is 41.2 Å². The van der Waals surface area contributed by atoms with Gasteiger partial charge in [-0.25, -0.2) is 9.19 Å². The van der Waals surface area contributed by atoms with E-state index < -0.39 is 11.0 Å². The highest BCUT2D eigenvalue weighted by molar-refractivity contribution is 7.85. The van der Waals surface area contributed by atoms with E-state index in [2.05, 4.69) is 38.8 Å². The summed E-state index contributed by atoms with van der Waals surface area (Å²) in [7, 11) is -1.14. The van der Waals surface area contributed by atoms with Gasteiger partial charge in [-0.2, -0.15) is 0 Å². The molecule has 1 saturated heterocycles.